The van der Waals surface area contributed by atoms with Crippen molar-refractivity contribution in [1.82, 2.24) is 0 Å². The topological polar surface area (TPSA) is 78.9 Å². The highest BCUT2D eigenvalue weighted by atomic mass is 16.6. The van der Waals surface area contributed by atoms with Crippen LogP contribution in [0.2, 0.25) is 0 Å². The average molecular weight is 901 g/mol. The van der Waals surface area contributed by atoms with Gasteiger partial charge in [0.1, 0.15) is 13.2 Å². The molecule has 368 valence electrons. The van der Waals surface area contributed by atoms with Crippen LogP contribution in [0.4, 0.5) is 0 Å². The number of allylic oxidation sites excluding steroid dienone is 18. The summed E-state index contributed by atoms with van der Waals surface area (Å²) in [7, 11) is 0. The van der Waals surface area contributed by atoms with E-state index in [2.05, 4.69) is 57.2 Å². The molecule has 0 amide bonds. The molecule has 0 heterocycles. The maximum atomic E-state index is 12.8. The molecule has 0 bridgehead atoms. The summed E-state index contributed by atoms with van der Waals surface area (Å²) in [4.78, 5) is 38.0. The van der Waals surface area contributed by atoms with Gasteiger partial charge in [-0.15, -0.1) is 0 Å². The average Bonchev–Trinajstić information content (AvgIpc) is 3.30. The smallest absolute Gasteiger partial charge is 0.306 e. The van der Waals surface area contributed by atoms with Gasteiger partial charge in [-0.05, 0) is 64.2 Å². The maximum absolute atomic E-state index is 12.8. The van der Waals surface area contributed by atoms with Gasteiger partial charge in [0.2, 0.25) is 0 Å². The highest BCUT2D eigenvalue weighted by molar-refractivity contribution is 5.71. The van der Waals surface area contributed by atoms with Crippen molar-refractivity contribution in [1.29, 1.82) is 0 Å². The zero-order valence-electron chi connectivity index (χ0n) is 42.0. The normalized spacial score (nSPS) is 13.0. The van der Waals surface area contributed by atoms with Gasteiger partial charge in [0, 0.05) is 19.3 Å². The molecule has 1 unspecified atom stereocenters. The second-order valence-corrected chi connectivity index (χ2v) is 17.2. The first-order valence-electron chi connectivity index (χ1n) is 26.5. The Bertz CT molecular complexity index is 1360. The van der Waals surface area contributed by atoms with Crippen LogP contribution < -0.4 is 0 Å². The highest BCUT2D eigenvalue weighted by Crippen LogP contribution is 2.15. The fourth-order valence-corrected chi connectivity index (χ4v) is 7.05. The standard InChI is InChI=1S/C59H96O6/c1-4-7-10-13-16-19-22-25-27-29-30-31-33-34-37-40-43-46-49-52-58(61)64-55-56(54-63-57(60)51-48-45-42-39-36-24-21-18-15-12-9-6-3)65-59(62)53-50-47-44-41-38-35-32-28-26-23-20-17-14-11-8-5-2/h7,9-10,12-13,16,18-19,21-22,25,27,29-31,33-34,37,56H,4-6,8,11,14-15,17,20,23-24,26,28,32,35-36,38-55H2,1-3H3/b10-7-,12-9-,16-13-,21-18-,22-19-,27-25-,30-29+,33-31-,37-34-. The van der Waals surface area contributed by atoms with Crippen LogP contribution in [0.1, 0.15) is 226 Å². The molecule has 0 aliphatic heterocycles. The monoisotopic (exact) mass is 901 g/mol. The van der Waals surface area contributed by atoms with Crippen LogP contribution in [0.15, 0.2) is 109 Å². The van der Waals surface area contributed by atoms with Gasteiger partial charge in [-0.3, -0.25) is 14.4 Å². The molecule has 65 heavy (non-hydrogen) atoms. The molecule has 0 aliphatic carbocycles. The van der Waals surface area contributed by atoms with Gasteiger partial charge in [0.05, 0.1) is 0 Å². The number of rotatable bonds is 46. The molecule has 0 spiro atoms. The molecule has 0 N–H and O–H groups in total. The van der Waals surface area contributed by atoms with Gasteiger partial charge in [0.25, 0.3) is 0 Å². The molecule has 0 radical (unpaired) electrons. The molecule has 0 aliphatic rings. The van der Waals surface area contributed by atoms with Gasteiger partial charge in [-0.2, -0.15) is 0 Å². The summed E-state index contributed by atoms with van der Waals surface area (Å²) in [6, 6.07) is 0. The minimum absolute atomic E-state index is 0.101. The molecule has 0 rings (SSSR count). The zero-order chi connectivity index (χ0) is 47.2. The van der Waals surface area contributed by atoms with Crippen LogP contribution in [-0.2, 0) is 28.6 Å². The first kappa shape index (κ1) is 61.1. The van der Waals surface area contributed by atoms with E-state index in [4.69, 9.17) is 14.2 Å². The van der Waals surface area contributed by atoms with Gasteiger partial charge in [-0.25, -0.2) is 0 Å². The number of carbonyl (C=O) groups is 3. The molecule has 0 aromatic carbocycles. The highest BCUT2D eigenvalue weighted by Gasteiger charge is 2.19. The summed E-state index contributed by atoms with van der Waals surface area (Å²) < 4.78 is 16.8. The lowest BCUT2D eigenvalue weighted by molar-refractivity contribution is -0.167. The Morgan fingerprint density at radius 2 is 0.677 bits per heavy atom. The first-order valence-corrected chi connectivity index (χ1v) is 26.5. The summed E-state index contributed by atoms with van der Waals surface area (Å²) in [6.07, 6.45) is 70.7. The molecule has 0 fully saturated rings. The molecular formula is C59H96O6. The summed E-state index contributed by atoms with van der Waals surface area (Å²) in [5.41, 5.74) is 0. The van der Waals surface area contributed by atoms with Crippen molar-refractivity contribution >= 4 is 17.9 Å². The molecule has 0 aromatic rings. The molecule has 6 nitrogen and oxygen atoms in total. The number of unbranched alkanes of at least 4 members (excludes halogenated alkanes) is 23. The lowest BCUT2D eigenvalue weighted by Crippen LogP contribution is -2.30. The van der Waals surface area contributed by atoms with E-state index in [0.717, 1.165) is 103 Å². The number of hydrogen-bond acceptors (Lipinski definition) is 6. The van der Waals surface area contributed by atoms with Crippen molar-refractivity contribution < 1.29 is 28.6 Å². The summed E-state index contributed by atoms with van der Waals surface area (Å²) >= 11 is 0. The van der Waals surface area contributed by atoms with Crippen LogP contribution in [0.5, 0.6) is 0 Å². The summed E-state index contributed by atoms with van der Waals surface area (Å²) in [5, 5.41) is 0. The minimum Gasteiger partial charge on any atom is -0.462 e. The third kappa shape index (κ3) is 50.9. The van der Waals surface area contributed by atoms with Crippen molar-refractivity contribution in [2.75, 3.05) is 13.2 Å². The fraction of sp³-hybridized carbons (Fsp3) is 0.644. The Labute approximate surface area is 400 Å². The van der Waals surface area contributed by atoms with Crippen molar-refractivity contribution in [3.63, 3.8) is 0 Å². The van der Waals surface area contributed by atoms with Crippen molar-refractivity contribution in [3.8, 4) is 0 Å². The van der Waals surface area contributed by atoms with E-state index in [0.29, 0.717) is 19.3 Å². The fourth-order valence-electron chi connectivity index (χ4n) is 7.05. The summed E-state index contributed by atoms with van der Waals surface area (Å²) in [6.45, 7) is 6.33. The van der Waals surface area contributed by atoms with Gasteiger partial charge >= 0.3 is 17.9 Å². The Hall–Kier alpha value is -3.93. The molecule has 1 atom stereocenters. The van der Waals surface area contributed by atoms with E-state index >= 15 is 0 Å². The first-order chi connectivity index (χ1) is 32.0. The van der Waals surface area contributed by atoms with Crippen LogP contribution >= 0.6 is 0 Å². The van der Waals surface area contributed by atoms with Crippen LogP contribution in [0, 0.1) is 0 Å². The molecule has 6 heteroatoms. The van der Waals surface area contributed by atoms with E-state index in [9.17, 15) is 14.4 Å². The van der Waals surface area contributed by atoms with Crippen LogP contribution in [0.3, 0.4) is 0 Å². The van der Waals surface area contributed by atoms with Crippen molar-refractivity contribution in [2.45, 2.75) is 232 Å². The minimum atomic E-state index is -0.803. The Kier molecular flexibility index (Phi) is 49.5. The van der Waals surface area contributed by atoms with E-state index < -0.39 is 6.10 Å². The quantitative estimate of drug-likeness (QED) is 0.0199. The second-order valence-electron chi connectivity index (χ2n) is 17.2. The van der Waals surface area contributed by atoms with Crippen molar-refractivity contribution in [2.24, 2.45) is 0 Å². The molecule has 0 saturated carbocycles. The van der Waals surface area contributed by atoms with E-state index in [1.807, 2.05) is 72.9 Å². The predicted molar refractivity (Wildman–Crippen MR) is 279 cm³/mol. The van der Waals surface area contributed by atoms with E-state index in [1.54, 1.807) is 0 Å². The molecular weight excluding hydrogens is 805 g/mol. The number of carbonyl (C=O) groups excluding carboxylic acids is 3. The predicted octanol–water partition coefficient (Wildman–Crippen LogP) is 17.5. The lowest BCUT2D eigenvalue weighted by Gasteiger charge is -2.18. The SMILES string of the molecule is CC\C=C/C=C\C=C/C=C\C=C\C=C/C=C\CCCCCC(=O)OCC(COC(=O)CCCCCCC/C=C\C/C=C\CC)OC(=O)CCCCCCCCCCCCCCCCCC. The van der Waals surface area contributed by atoms with E-state index in [-0.39, 0.29) is 31.1 Å². The second kappa shape index (κ2) is 52.7. The lowest BCUT2D eigenvalue weighted by atomic mass is 10.0. The van der Waals surface area contributed by atoms with Gasteiger partial charge in [0.15, 0.2) is 6.10 Å². The maximum Gasteiger partial charge on any atom is 0.306 e. The third-order valence-corrected chi connectivity index (χ3v) is 11.0. The molecule has 0 aromatic heterocycles. The zero-order valence-corrected chi connectivity index (χ0v) is 42.0. The summed E-state index contributed by atoms with van der Waals surface area (Å²) in [5.74, 6) is -0.961. The van der Waals surface area contributed by atoms with Gasteiger partial charge in [-0.1, -0.05) is 252 Å². The third-order valence-electron chi connectivity index (χ3n) is 11.0. The Morgan fingerprint density at radius 3 is 1.12 bits per heavy atom. The number of ether oxygens (including phenoxy) is 3. The van der Waals surface area contributed by atoms with Crippen LogP contribution in [0.25, 0.3) is 0 Å². The largest absolute Gasteiger partial charge is 0.462 e. The Morgan fingerprint density at radius 1 is 0.338 bits per heavy atom. The van der Waals surface area contributed by atoms with Gasteiger partial charge < -0.3 is 14.2 Å². The number of esters is 3. The van der Waals surface area contributed by atoms with Crippen molar-refractivity contribution in [3.05, 3.63) is 109 Å². The Balaban J connectivity index is 4.49. The number of hydrogen-bond donors (Lipinski definition) is 0. The van der Waals surface area contributed by atoms with Crippen LogP contribution in [-0.4, -0.2) is 37.2 Å². The van der Waals surface area contributed by atoms with E-state index in [1.165, 1.54) is 83.5 Å². The molecule has 0 saturated heterocycles.